The maximum atomic E-state index is 15.5. The molecule has 0 saturated carbocycles. The topological polar surface area (TPSA) is 36.9 Å². The first-order valence-electron chi connectivity index (χ1n) is 8.72. The molecule has 7 heteroatoms. The third-order valence-electron chi connectivity index (χ3n) is 4.92. The summed E-state index contributed by atoms with van der Waals surface area (Å²) in [6.07, 6.45) is 5.32. The first-order valence-corrected chi connectivity index (χ1v) is 8.72. The lowest BCUT2D eigenvalue weighted by atomic mass is 9.81. The lowest BCUT2D eigenvalue weighted by molar-refractivity contribution is 0.00578. The first-order chi connectivity index (χ1) is 12.6. The standard InChI is InChI=1S/C20H25BF2O4/c1-7-11-25-12-10-15(16-13-14(22)8-9-17(16)24-6)18(23)21-26-19(2,3)20(4,5)27-21/h1,8-9,13H,10-12H2,2-6H3. The largest absolute Gasteiger partial charge is 0.525 e. The van der Waals surface area contributed by atoms with Crippen molar-refractivity contribution in [2.24, 2.45) is 0 Å². The zero-order chi connectivity index (χ0) is 20.2. The Morgan fingerprint density at radius 2 is 1.85 bits per heavy atom. The SMILES string of the molecule is C#CCOCCC(=C(F)B1OC(C)(C)C(C)(C)O1)c1cc(F)ccc1OC. The van der Waals surface area contributed by atoms with Crippen LogP contribution >= 0.6 is 0 Å². The first kappa shape index (κ1) is 21.4. The Morgan fingerprint density at radius 1 is 1.22 bits per heavy atom. The van der Waals surface area contributed by atoms with Crippen molar-refractivity contribution in [1.29, 1.82) is 0 Å². The summed E-state index contributed by atoms with van der Waals surface area (Å²) in [5, 5.41) is 0. The Labute approximate surface area is 160 Å². The number of rotatable bonds is 7. The molecule has 27 heavy (non-hydrogen) atoms. The maximum absolute atomic E-state index is 15.5. The minimum atomic E-state index is -1.20. The van der Waals surface area contributed by atoms with E-state index in [0.29, 0.717) is 5.75 Å². The number of ether oxygens (including phenoxy) is 2. The fourth-order valence-corrected chi connectivity index (χ4v) is 2.69. The highest BCUT2D eigenvalue weighted by molar-refractivity contribution is 6.55. The van der Waals surface area contributed by atoms with Crippen molar-refractivity contribution in [2.45, 2.75) is 45.3 Å². The summed E-state index contributed by atoms with van der Waals surface area (Å²) in [7, 11) is 0.237. The molecule has 1 aromatic rings. The zero-order valence-corrected chi connectivity index (χ0v) is 16.4. The van der Waals surface area contributed by atoms with Gasteiger partial charge in [-0.2, -0.15) is 0 Å². The van der Waals surface area contributed by atoms with Gasteiger partial charge in [-0.05, 0) is 57.9 Å². The second-order valence-electron chi connectivity index (χ2n) is 7.27. The molecule has 0 atom stereocenters. The van der Waals surface area contributed by atoms with Gasteiger partial charge in [-0.3, -0.25) is 0 Å². The van der Waals surface area contributed by atoms with Crippen LogP contribution in [0.2, 0.25) is 0 Å². The van der Waals surface area contributed by atoms with Gasteiger partial charge in [0.05, 0.1) is 24.9 Å². The van der Waals surface area contributed by atoms with E-state index in [2.05, 4.69) is 5.92 Å². The van der Waals surface area contributed by atoms with Crippen LogP contribution in [0.4, 0.5) is 8.78 Å². The lowest BCUT2D eigenvalue weighted by Crippen LogP contribution is -2.41. The van der Waals surface area contributed by atoms with Crippen LogP contribution in [0.1, 0.15) is 39.7 Å². The Bertz CT molecular complexity index is 737. The quantitative estimate of drug-likeness (QED) is 0.405. The minimum Gasteiger partial charge on any atom is -0.496 e. The van der Waals surface area contributed by atoms with Crippen molar-refractivity contribution in [1.82, 2.24) is 0 Å². The van der Waals surface area contributed by atoms with E-state index < -0.39 is 29.9 Å². The molecular weight excluding hydrogens is 353 g/mol. The number of hydrogen-bond donors (Lipinski definition) is 0. The molecule has 0 aromatic heterocycles. The van der Waals surface area contributed by atoms with E-state index in [0.717, 1.165) is 0 Å². The van der Waals surface area contributed by atoms with Gasteiger partial charge < -0.3 is 18.8 Å². The van der Waals surface area contributed by atoms with Gasteiger partial charge in [0.2, 0.25) is 0 Å². The molecular formula is C20H25BF2O4. The molecule has 0 N–H and O–H groups in total. The van der Waals surface area contributed by atoms with Gasteiger partial charge in [-0.25, -0.2) is 8.78 Å². The predicted molar refractivity (Wildman–Crippen MR) is 101 cm³/mol. The third-order valence-corrected chi connectivity index (χ3v) is 4.92. The van der Waals surface area contributed by atoms with Crippen LogP contribution in [-0.2, 0) is 14.0 Å². The van der Waals surface area contributed by atoms with Crippen LogP contribution in [0.5, 0.6) is 5.75 Å². The monoisotopic (exact) mass is 378 g/mol. The van der Waals surface area contributed by atoms with Crippen molar-refractivity contribution in [3.8, 4) is 18.1 Å². The van der Waals surface area contributed by atoms with Gasteiger partial charge in [0.25, 0.3) is 0 Å². The van der Waals surface area contributed by atoms with Crippen molar-refractivity contribution in [3.63, 3.8) is 0 Å². The summed E-state index contributed by atoms with van der Waals surface area (Å²) in [5.41, 5.74) is -1.56. The fraction of sp³-hybridized carbons (Fsp3) is 0.500. The highest BCUT2D eigenvalue weighted by Gasteiger charge is 2.53. The molecule has 1 saturated heterocycles. The zero-order valence-electron chi connectivity index (χ0n) is 16.4. The fourth-order valence-electron chi connectivity index (χ4n) is 2.69. The Balaban J connectivity index is 2.45. The van der Waals surface area contributed by atoms with Gasteiger partial charge in [0, 0.05) is 5.56 Å². The molecule has 1 heterocycles. The Morgan fingerprint density at radius 3 is 2.41 bits per heavy atom. The molecule has 0 unspecified atom stereocenters. The minimum absolute atomic E-state index is 0.103. The van der Waals surface area contributed by atoms with Crippen LogP contribution in [-0.4, -0.2) is 38.6 Å². The molecule has 1 fully saturated rings. The molecule has 1 aliphatic rings. The second-order valence-corrected chi connectivity index (χ2v) is 7.27. The van der Waals surface area contributed by atoms with Crippen LogP contribution in [0.25, 0.3) is 5.57 Å². The Hall–Kier alpha value is -1.88. The van der Waals surface area contributed by atoms with Crippen molar-refractivity contribution in [3.05, 3.63) is 35.3 Å². The average Bonchev–Trinajstić information content (AvgIpc) is 2.82. The van der Waals surface area contributed by atoms with E-state index >= 15 is 4.39 Å². The summed E-state index contributed by atoms with van der Waals surface area (Å²) >= 11 is 0. The second kappa shape index (κ2) is 8.43. The number of halogens is 2. The van der Waals surface area contributed by atoms with Crippen LogP contribution < -0.4 is 4.74 Å². The summed E-state index contributed by atoms with van der Waals surface area (Å²) in [4.78, 5) is 0. The highest BCUT2D eigenvalue weighted by atomic mass is 19.1. The average molecular weight is 378 g/mol. The molecule has 1 aromatic carbocycles. The number of methoxy groups -OCH3 is 1. The number of benzene rings is 1. The molecule has 2 rings (SSSR count). The van der Waals surface area contributed by atoms with E-state index in [1.165, 1.54) is 25.3 Å². The molecule has 146 valence electrons. The van der Waals surface area contributed by atoms with E-state index in [9.17, 15) is 4.39 Å². The van der Waals surface area contributed by atoms with E-state index in [1.807, 2.05) is 27.7 Å². The summed E-state index contributed by atoms with van der Waals surface area (Å²) in [5.74, 6) is 2.19. The van der Waals surface area contributed by atoms with Crippen molar-refractivity contribution < 1.29 is 27.6 Å². The van der Waals surface area contributed by atoms with E-state index in [-0.39, 0.29) is 30.8 Å². The van der Waals surface area contributed by atoms with Crippen LogP contribution in [0, 0.1) is 18.2 Å². The van der Waals surface area contributed by atoms with Crippen molar-refractivity contribution >= 4 is 12.7 Å². The van der Waals surface area contributed by atoms with E-state index in [1.54, 1.807) is 0 Å². The predicted octanol–water partition coefficient (Wildman–Crippen LogP) is 4.19. The maximum Gasteiger partial charge on any atom is 0.525 e. The van der Waals surface area contributed by atoms with Gasteiger partial charge >= 0.3 is 7.12 Å². The highest BCUT2D eigenvalue weighted by Crippen LogP contribution is 2.41. The van der Waals surface area contributed by atoms with Gasteiger partial charge in [0.1, 0.15) is 23.9 Å². The van der Waals surface area contributed by atoms with Gasteiger partial charge in [0.15, 0.2) is 0 Å². The molecule has 0 amide bonds. The van der Waals surface area contributed by atoms with Crippen LogP contribution in [0.15, 0.2) is 23.9 Å². The lowest BCUT2D eigenvalue weighted by Gasteiger charge is -2.32. The summed E-state index contributed by atoms with van der Waals surface area (Å²) in [6.45, 7) is 7.59. The number of terminal acetylenes is 1. The number of hydrogen-bond acceptors (Lipinski definition) is 4. The van der Waals surface area contributed by atoms with Gasteiger partial charge in [-0.1, -0.05) is 5.92 Å². The molecule has 4 nitrogen and oxygen atoms in total. The molecule has 1 aliphatic heterocycles. The van der Waals surface area contributed by atoms with Gasteiger partial charge in [-0.15, -0.1) is 6.42 Å². The molecule has 0 aliphatic carbocycles. The normalized spacial score (nSPS) is 18.8. The van der Waals surface area contributed by atoms with Crippen LogP contribution in [0.3, 0.4) is 0 Å². The van der Waals surface area contributed by atoms with Crippen molar-refractivity contribution in [2.75, 3.05) is 20.3 Å². The molecule has 0 spiro atoms. The summed E-state index contributed by atoms with van der Waals surface area (Å²) in [6, 6.07) is 3.92. The summed E-state index contributed by atoms with van der Waals surface area (Å²) < 4.78 is 51.5. The molecule has 0 radical (unpaired) electrons. The Kier molecular flexibility index (Phi) is 6.69. The van der Waals surface area contributed by atoms with E-state index in [4.69, 9.17) is 25.2 Å². The third kappa shape index (κ3) is 4.70. The smallest absolute Gasteiger partial charge is 0.496 e. The molecule has 0 bridgehead atoms.